The number of unbranched alkanes of at least 4 members (excludes halogenated alkanes) is 1. The summed E-state index contributed by atoms with van der Waals surface area (Å²) >= 11 is 0. The van der Waals surface area contributed by atoms with Gasteiger partial charge in [0, 0.05) is 17.7 Å². The molecule has 0 aliphatic carbocycles. The number of nitrogens with zero attached hydrogens (tertiary/aromatic N) is 2. The average molecular weight is 497 g/mol. The van der Waals surface area contributed by atoms with Crippen LogP contribution in [0.15, 0.2) is 48.0 Å². The first kappa shape index (κ1) is 27.1. The lowest BCUT2D eigenvalue weighted by Crippen LogP contribution is -2.32. The molecule has 1 saturated heterocycles. The minimum absolute atomic E-state index is 0.0241. The third-order valence-electron chi connectivity index (χ3n) is 6.17. The first-order valence-corrected chi connectivity index (χ1v) is 12.2. The molecular formula is C28H36N2O6. The molecule has 1 atom stereocenters. The molecule has 194 valence electrons. The maximum atomic E-state index is 13.3. The lowest BCUT2D eigenvalue weighted by molar-refractivity contribution is -0.140. The fraction of sp³-hybridized carbons (Fsp3) is 0.429. The second kappa shape index (κ2) is 12.4. The first-order valence-electron chi connectivity index (χ1n) is 12.2. The van der Waals surface area contributed by atoms with Crippen LogP contribution in [0, 0.1) is 0 Å². The van der Waals surface area contributed by atoms with Crippen LogP contribution < -0.4 is 14.2 Å². The number of carbonyl (C=O) groups is 2. The molecule has 0 bridgehead atoms. The number of carbonyl (C=O) groups excluding carboxylic acids is 2. The monoisotopic (exact) mass is 496 g/mol. The van der Waals surface area contributed by atoms with Gasteiger partial charge < -0.3 is 29.1 Å². The topological polar surface area (TPSA) is 88.5 Å². The second-order valence-corrected chi connectivity index (χ2v) is 8.98. The number of rotatable bonds is 12. The van der Waals surface area contributed by atoms with Crippen molar-refractivity contribution in [2.24, 2.45) is 0 Å². The predicted octanol–water partition coefficient (Wildman–Crippen LogP) is 4.26. The van der Waals surface area contributed by atoms with Gasteiger partial charge in [-0.1, -0.05) is 13.3 Å². The van der Waals surface area contributed by atoms with E-state index >= 15 is 0 Å². The molecule has 1 heterocycles. The van der Waals surface area contributed by atoms with E-state index in [2.05, 4.69) is 6.92 Å². The fourth-order valence-corrected chi connectivity index (χ4v) is 4.24. The fourth-order valence-electron chi connectivity index (χ4n) is 4.24. The number of likely N-dealkylation sites (tertiary alicyclic amines) is 1. The third kappa shape index (κ3) is 5.99. The van der Waals surface area contributed by atoms with E-state index in [0.717, 1.165) is 19.4 Å². The minimum Gasteiger partial charge on any atom is -0.507 e. The summed E-state index contributed by atoms with van der Waals surface area (Å²) in [5.41, 5.74) is 1.02. The van der Waals surface area contributed by atoms with Gasteiger partial charge >= 0.3 is 0 Å². The van der Waals surface area contributed by atoms with Gasteiger partial charge in [0.15, 0.2) is 0 Å². The normalized spacial score (nSPS) is 17.1. The van der Waals surface area contributed by atoms with Crippen LogP contribution in [0.2, 0.25) is 0 Å². The SMILES string of the molecule is CCCCOc1ccc(/C(O)=C2\C(=O)C(=O)N(CCCN(C)C)[C@@H]2c2cc(OC)ccc2OC)cc1. The number of amides is 1. The van der Waals surface area contributed by atoms with Crippen LogP contribution in [0.1, 0.15) is 43.4 Å². The van der Waals surface area contributed by atoms with Crippen LogP contribution in [0.3, 0.4) is 0 Å². The molecule has 2 aromatic rings. The number of aliphatic hydroxyl groups excluding tert-OH is 1. The summed E-state index contributed by atoms with van der Waals surface area (Å²) in [5.74, 6) is 0.109. The predicted molar refractivity (Wildman–Crippen MR) is 139 cm³/mol. The van der Waals surface area contributed by atoms with E-state index in [1.165, 1.54) is 12.0 Å². The molecule has 1 aliphatic rings. The van der Waals surface area contributed by atoms with Crippen molar-refractivity contribution in [3.63, 3.8) is 0 Å². The van der Waals surface area contributed by atoms with Gasteiger partial charge in [0.1, 0.15) is 23.0 Å². The summed E-state index contributed by atoms with van der Waals surface area (Å²) in [7, 11) is 6.98. The third-order valence-corrected chi connectivity index (χ3v) is 6.17. The molecule has 1 fully saturated rings. The molecule has 1 aliphatic heterocycles. The molecule has 0 saturated carbocycles. The maximum Gasteiger partial charge on any atom is 0.295 e. The molecule has 36 heavy (non-hydrogen) atoms. The molecule has 0 spiro atoms. The zero-order valence-corrected chi connectivity index (χ0v) is 21.7. The van der Waals surface area contributed by atoms with Gasteiger partial charge in [-0.05, 0) is 75.9 Å². The molecule has 8 heteroatoms. The van der Waals surface area contributed by atoms with Gasteiger partial charge in [0.05, 0.1) is 32.4 Å². The van der Waals surface area contributed by atoms with Gasteiger partial charge in [-0.25, -0.2) is 0 Å². The van der Waals surface area contributed by atoms with Crippen molar-refractivity contribution in [1.82, 2.24) is 9.80 Å². The molecule has 2 aromatic carbocycles. The van der Waals surface area contributed by atoms with Crippen LogP contribution in [-0.4, -0.2) is 74.6 Å². The Morgan fingerprint density at radius 1 is 1.00 bits per heavy atom. The van der Waals surface area contributed by atoms with Gasteiger partial charge in [-0.15, -0.1) is 0 Å². The molecule has 0 unspecified atom stereocenters. The van der Waals surface area contributed by atoms with Crippen LogP contribution >= 0.6 is 0 Å². The van der Waals surface area contributed by atoms with Gasteiger partial charge in [-0.3, -0.25) is 9.59 Å². The van der Waals surface area contributed by atoms with E-state index in [0.29, 0.717) is 47.9 Å². The molecule has 1 amide bonds. The number of ether oxygens (including phenoxy) is 3. The summed E-state index contributed by atoms with van der Waals surface area (Å²) < 4.78 is 16.7. The Labute approximate surface area is 213 Å². The zero-order valence-electron chi connectivity index (χ0n) is 21.7. The van der Waals surface area contributed by atoms with Crippen molar-refractivity contribution in [2.45, 2.75) is 32.2 Å². The second-order valence-electron chi connectivity index (χ2n) is 8.98. The van der Waals surface area contributed by atoms with E-state index in [1.54, 1.807) is 49.6 Å². The smallest absolute Gasteiger partial charge is 0.295 e. The minimum atomic E-state index is -0.822. The van der Waals surface area contributed by atoms with Crippen molar-refractivity contribution < 1.29 is 28.9 Å². The Kier molecular flexibility index (Phi) is 9.36. The standard InChI is InChI=1S/C28H36N2O6/c1-6-7-17-36-20-11-9-19(10-12-20)26(31)24-25(22-18-21(34-4)13-14-23(22)35-5)30(28(33)27(24)32)16-8-15-29(2)3/h9-14,18,25,31H,6-8,15-17H2,1-5H3/b26-24+/t25-/m1/s1. The highest BCUT2D eigenvalue weighted by molar-refractivity contribution is 6.46. The van der Waals surface area contributed by atoms with Crippen LogP contribution in [0.25, 0.3) is 5.76 Å². The van der Waals surface area contributed by atoms with Crippen LogP contribution in [0.5, 0.6) is 17.2 Å². The quantitative estimate of drug-likeness (QED) is 0.203. The molecule has 8 nitrogen and oxygen atoms in total. The van der Waals surface area contributed by atoms with E-state index < -0.39 is 17.7 Å². The number of aliphatic hydroxyl groups is 1. The molecule has 1 N–H and O–H groups in total. The van der Waals surface area contributed by atoms with Gasteiger partial charge in [0.2, 0.25) is 0 Å². The molecule has 0 radical (unpaired) electrons. The van der Waals surface area contributed by atoms with Crippen LogP contribution in [-0.2, 0) is 9.59 Å². The number of benzene rings is 2. The number of hydrogen-bond donors (Lipinski definition) is 1. The average Bonchev–Trinajstić information content (AvgIpc) is 3.13. The van der Waals surface area contributed by atoms with E-state index in [4.69, 9.17) is 14.2 Å². The maximum absolute atomic E-state index is 13.3. The number of hydrogen-bond acceptors (Lipinski definition) is 7. The highest BCUT2D eigenvalue weighted by Gasteiger charge is 2.47. The Balaban J connectivity index is 2.08. The molecule has 0 aromatic heterocycles. The summed E-state index contributed by atoms with van der Waals surface area (Å²) in [6.07, 6.45) is 2.63. The largest absolute Gasteiger partial charge is 0.507 e. The van der Waals surface area contributed by atoms with E-state index in [-0.39, 0.29) is 11.3 Å². The zero-order chi connectivity index (χ0) is 26.2. The number of Topliss-reactive ketones (excluding diaryl/α,β-unsaturated/α-hetero) is 1. The summed E-state index contributed by atoms with van der Waals surface area (Å²) in [6.45, 7) is 3.78. The number of methoxy groups -OCH3 is 2. The first-order chi connectivity index (χ1) is 17.3. The summed E-state index contributed by atoms with van der Waals surface area (Å²) in [5, 5.41) is 11.3. The molecule has 3 rings (SSSR count). The highest BCUT2D eigenvalue weighted by Crippen LogP contribution is 2.44. The van der Waals surface area contributed by atoms with Crippen molar-refractivity contribution >= 4 is 17.4 Å². The van der Waals surface area contributed by atoms with Crippen molar-refractivity contribution in [1.29, 1.82) is 0 Å². The van der Waals surface area contributed by atoms with Crippen molar-refractivity contribution in [2.75, 3.05) is 48.0 Å². The van der Waals surface area contributed by atoms with E-state index in [9.17, 15) is 14.7 Å². The summed E-state index contributed by atoms with van der Waals surface area (Å²) in [4.78, 5) is 30.0. The highest BCUT2D eigenvalue weighted by atomic mass is 16.5. The Morgan fingerprint density at radius 3 is 2.31 bits per heavy atom. The Bertz CT molecular complexity index is 1090. The Morgan fingerprint density at radius 2 is 1.69 bits per heavy atom. The van der Waals surface area contributed by atoms with Gasteiger partial charge in [-0.2, -0.15) is 0 Å². The van der Waals surface area contributed by atoms with Crippen molar-refractivity contribution in [3.05, 3.63) is 59.2 Å². The number of ketones is 1. The lowest BCUT2D eigenvalue weighted by atomic mass is 9.94. The van der Waals surface area contributed by atoms with E-state index in [1.807, 2.05) is 19.0 Å². The summed E-state index contributed by atoms with van der Waals surface area (Å²) in [6, 6.07) is 11.3. The van der Waals surface area contributed by atoms with Gasteiger partial charge in [0.25, 0.3) is 11.7 Å². The Hall–Kier alpha value is -3.52. The van der Waals surface area contributed by atoms with Crippen LogP contribution in [0.4, 0.5) is 0 Å². The lowest BCUT2D eigenvalue weighted by Gasteiger charge is -2.27. The van der Waals surface area contributed by atoms with Crippen molar-refractivity contribution in [3.8, 4) is 17.2 Å². The molecular weight excluding hydrogens is 460 g/mol.